The van der Waals surface area contributed by atoms with E-state index < -0.39 is 3.25 Å². The van der Waals surface area contributed by atoms with Crippen LogP contribution in [0, 0.1) is 0 Å². The third kappa shape index (κ3) is 72.4. The van der Waals surface area contributed by atoms with Crippen molar-refractivity contribution in [3.63, 3.8) is 0 Å². The van der Waals surface area contributed by atoms with Gasteiger partial charge in [-0.15, -0.1) is 0 Å². The Bertz CT molecular complexity index is 105. The van der Waals surface area contributed by atoms with E-state index in [4.69, 9.17) is 46.4 Å². The summed E-state index contributed by atoms with van der Waals surface area (Å²) in [5.41, 5.74) is 1.02. The molecule has 60 valence electrons. The van der Waals surface area contributed by atoms with Crippen LogP contribution in [0.5, 0.6) is 0 Å². The second-order valence-corrected chi connectivity index (χ2v) is 4.91. The summed E-state index contributed by atoms with van der Waals surface area (Å²) in [5.74, 6) is 0. The van der Waals surface area contributed by atoms with E-state index >= 15 is 0 Å². The van der Waals surface area contributed by atoms with Crippen molar-refractivity contribution in [2.45, 2.75) is 10.2 Å². The van der Waals surface area contributed by atoms with Crippen LogP contribution in [0.2, 0.25) is 0 Å². The second-order valence-electron chi connectivity index (χ2n) is 1.48. The predicted molar refractivity (Wildman–Crippen MR) is 51.2 cm³/mol. The minimum absolute atomic E-state index is 1.02. The number of halogens is 4. The monoisotopic (exact) mass is 220 g/mol. The normalized spacial score (nSPS) is 9.30. The lowest BCUT2D eigenvalue weighted by molar-refractivity contribution is 1.58. The van der Waals surface area contributed by atoms with Crippen LogP contribution in [0.4, 0.5) is 0 Å². The fraction of sp³-hybridized carbons (Fsp3) is 0.333. The van der Waals surface area contributed by atoms with Crippen LogP contribution in [-0.4, -0.2) is 3.25 Å². The minimum atomic E-state index is -1.61. The molecule has 0 nitrogen and oxygen atoms in total. The summed E-state index contributed by atoms with van der Waals surface area (Å²) in [4.78, 5) is 0. The highest BCUT2D eigenvalue weighted by molar-refractivity contribution is 6.83. The molecule has 0 atom stereocenters. The van der Waals surface area contributed by atoms with Gasteiger partial charge in [-0.05, 0) is 6.92 Å². The maximum atomic E-state index is 4.83. The lowest BCUT2D eigenvalue weighted by Gasteiger charge is -1.91. The lowest BCUT2D eigenvalue weighted by atomic mass is 10.4. The molecule has 0 N–H and O–H groups in total. The van der Waals surface area contributed by atoms with Crippen molar-refractivity contribution >= 4 is 46.4 Å². The van der Waals surface area contributed by atoms with E-state index in [0.29, 0.717) is 0 Å². The molecule has 0 spiro atoms. The molecule has 0 saturated heterocycles. The standard InChI is InChI=1S/C5H8.CCl4/c1-4-5(2)3;2-1(3,4)5/h4H,1-2H2,3H3;. The summed E-state index contributed by atoms with van der Waals surface area (Å²) in [5, 5.41) is 0. The summed E-state index contributed by atoms with van der Waals surface area (Å²) in [7, 11) is 0. The van der Waals surface area contributed by atoms with Crippen molar-refractivity contribution in [2.75, 3.05) is 0 Å². The van der Waals surface area contributed by atoms with Crippen molar-refractivity contribution in [3.05, 3.63) is 24.8 Å². The zero-order valence-electron chi connectivity index (χ0n) is 5.50. The Morgan fingerprint density at radius 1 is 1.30 bits per heavy atom. The second kappa shape index (κ2) is 6.36. The first kappa shape index (κ1) is 13.2. The van der Waals surface area contributed by atoms with Crippen LogP contribution in [-0.2, 0) is 0 Å². The topological polar surface area (TPSA) is 0 Å². The Hall–Kier alpha value is 0.640. The van der Waals surface area contributed by atoms with Crippen molar-refractivity contribution in [1.29, 1.82) is 0 Å². The van der Waals surface area contributed by atoms with Crippen LogP contribution >= 0.6 is 46.4 Å². The molecule has 0 bridgehead atoms. The molecule has 10 heavy (non-hydrogen) atoms. The first-order valence-corrected chi connectivity index (χ1v) is 3.82. The fourth-order valence-electron chi connectivity index (χ4n) is 0. The molecule has 0 rings (SSSR count). The summed E-state index contributed by atoms with van der Waals surface area (Å²) in [6.07, 6.45) is 1.72. The highest BCUT2D eigenvalue weighted by Gasteiger charge is 2.11. The molecule has 0 aliphatic rings. The van der Waals surface area contributed by atoms with Crippen LogP contribution in [0.25, 0.3) is 0 Å². The maximum Gasteiger partial charge on any atom is 0.266 e. The molecule has 0 saturated carbocycles. The van der Waals surface area contributed by atoms with Gasteiger partial charge in [-0.25, -0.2) is 0 Å². The molecular weight excluding hydrogens is 214 g/mol. The first-order chi connectivity index (χ1) is 4.27. The van der Waals surface area contributed by atoms with E-state index in [0.717, 1.165) is 5.57 Å². The number of rotatable bonds is 1. The zero-order chi connectivity index (χ0) is 8.78. The van der Waals surface area contributed by atoms with Gasteiger partial charge in [0.05, 0.1) is 0 Å². The van der Waals surface area contributed by atoms with Gasteiger partial charge in [-0.3, -0.25) is 0 Å². The third-order valence-electron chi connectivity index (χ3n) is 0.348. The molecule has 0 unspecified atom stereocenters. The average Bonchev–Trinajstić information content (AvgIpc) is 1.61. The van der Waals surface area contributed by atoms with Gasteiger partial charge in [0.1, 0.15) is 0 Å². The highest BCUT2D eigenvalue weighted by atomic mass is 35.6. The summed E-state index contributed by atoms with van der Waals surface area (Å²) < 4.78 is -1.61. The van der Waals surface area contributed by atoms with Crippen LogP contribution in [0.15, 0.2) is 24.8 Å². The van der Waals surface area contributed by atoms with Crippen LogP contribution in [0.3, 0.4) is 0 Å². The van der Waals surface area contributed by atoms with E-state index in [9.17, 15) is 0 Å². The number of hydrogen-bond acceptors (Lipinski definition) is 0. The quantitative estimate of drug-likeness (QED) is 0.458. The summed E-state index contributed by atoms with van der Waals surface area (Å²) in [6.45, 7) is 8.93. The minimum Gasteiger partial charge on any atom is -0.0988 e. The van der Waals surface area contributed by atoms with Gasteiger partial charge in [0.25, 0.3) is 3.25 Å². The molecule has 4 heteroatoms. The Morgan fingerprint density at radius 2 is 1.40 bits per heavy atom. The summed E-state index contributed by atoms with van der Waals surface area (Å²) in [6, 6.07) is 0. The largest absolute Gasteiger partial charge is 0.266 e. The van der Waals surface area contributed by atoms with E-state index in [1.807, 2.05) is 6.92 Å². The maximum absolute atomic E-state index is 4.83. The molecule has 0 aliphatic carbocycles. The Kier molecular flexibility index (Phi) is 8.42. The van der Waals surface area contributed by atoms with Crippen molar-refractivity contribution in [2.24, 2.45) is 0 Å². The Morgan fingerprint density at radius 3 is 1.40 bits per heavy atom. The molecule has 0 aromatic rings. The molecule has 0 heterocycles. The van der Waals surface area contributed by atoms with Gasteiger partial charge in [0, 0.05) is 0 Å². The molecular formula is C6H8Cl4. The molecule has 0 aliphatic heterocycles. The van der Waals surface area contributed by atoms with E-state index in [-0.39, 0.29) is 0 Å². The van der Waals surface area contributed by atoms with Gasteiger partial charge < -0.3 is 0 Å². The fourth-order valence-corrected chi connectivity index (χ4v) is 0. The predicted octanol–water partition coefficient (Wildman–Crippen LogP) is 4.30. The van der Waals surface area contributed by atoms with Gasteiger partial charge in [0.2, 0.25) is 0 Å². The van der Waals surface area contributed by atoms with Gasteiger partial charge >= 0.3 is 0 Å². The Balaban J connectivity index is 0. The van der Waals surface area contributed by atoms with Crippen molar-refractivity contribution in [3.8, 4) is 0 Å². The number of alkyl halides is 4. The molecule has 0 amide bonds. The van der Waals surface area contributed by atoms with Crippen LogP contribution in [0.1, 0.15) is 6.92 Å². The average molecular weight is 222 g/mol. The molecule has 0 radical (unpaired) electrons. The smallest absolute Gasteiger partial charge is 0.0988 e. The zero-order valence-corrected chi connectivity index (χ0v) is 8.53. The van der Waals surface area contributed by atoms with E-state index in [1.54, 1.807) is 6.08 Å². The van der Waals surface area contributed by atoms with E-state index in [1.165, 1.54) is 0 Å². The van der Waals surface area contributed by atoms with Crippen LogP contribution < -0.4 is 0 Å². The van der Waals surface area contributed by atoms with Gasteiger partial charge in [-0.1, -0.05) is 71.2 Å². The third-order valence-corrected chi connectivity index (χ3v) is 0.348. The van der Waals surface area contributed by atoms with Gasteiger partial charge in [0.15, 0.2) is 0 Å². The lowest BCUT2D eigenvalue weighted by Crippen LogP contribution is -1.81. The summed E-state index contributed by atoms with van der Waals surface area (Å²) >= 11 is 19.3. The highest BCUT2D eigenvalue weighted by Crippen LogP contribution is 2.29. The first-order valence-electron chi connectivity index (χ1n) is 2.31. The SMILES string of the molecule is C=CC(=C)C.ClC(Cl)(Cl)Cl. The Labute approximate surface area is 81.4 Å². The molecule has 0 aromatic carbocycles. The van der Waals surface area contributed by atoms with Crippen molar-refractivity contribution < 1.29 is 0 Å². The van der Waals surface area contributed by atoms with Gasteiger partial charge in [-0.2, -0.15) is 0 Å². The molecule has 0 aromatic heterocycles. The molecule has 0 fully saturated rings. The van der Waals surface area contributed by atoms with Crippen molar-refractivity contribution in [1.82, 2.24) is 0 Å². The number of hydrogen-bond donors (Lipinski definition) is 0. The number of allylic oxidation sites excluding steroid dienone is 2. The van der Waals surface area contributed by atoms with E-state index in [2.05, 4.69) is 13.2 Å².